The van der Waals surface area contributed by atoms with Crippen LogP contribution in [0.15, 0.2) is 24.4 Å². The van der Waals surface area contributed by atoms with Crippen LogP contribution >= 0.6 is 0 Å². The molecule has 1 amide bonds. The largest absolute Gasteiger partial charge is 0.337 e. The summed E-state index contributed by atoms with van der Waals surface area (Å²) in [7, 11) is 1.81. The smallest absolute Gasteiger partial charge is 0.223 e. The molecular formula is C10H11N2O. The Balaban J connectivity index is 2.24. The molecule has 1 saturated heterocycles. The van der Waals surface area contributed by atoms with Crippen molar-refractivity contribution in [2.75, 3.05) is 7.05 Å². The number of hydrogen-bond acceptors (Lipinski definition) is 2. The molecular weight excluding hydrogens is 164 g/mol. The number of pyridine rings is 1. The fourth-order valence-corrected chi connectivity index (χ4v) is 1.54. The first-order chi connectivity index (χ1) is 6.29. The van der Waals surface area contributed by atoms with Gasteiger partial charge in [0.15, 0.2) is 0 Å². The summed E-state index contributed by atoms with van der Waals surface area (Å²) in [6.07, 6.45) is 4.27. The first kappa shape index (κ1) is 8.23. The zero-order valence-electron chi connectivity index (χ0n) is 7.47. The Morgan fingerprint density at radius 3 is 2.92 bits per heavy atom. The highest BCUT2D eigenvalue weighted by Gasteiger charge is 2.29. The molecule has 0 saturated carbocycles. The fourth-order valence-electron chi connectivity index (χ4n) is 1.54. The van der Waals surface area contributed by atoms with E-state index in [1.54, 1.807) is 11.1 Å². The van der Waals surface area contributed by atoms with Gasteiger partial charge in [-0.25, -0.2) is 0 Å². The van der Waals surface area contributed by atoms with Gasteiger partial charge in [0.25, 0.3) is 0 Å². The molecule has 2 heterocycles. The summed E-state index contributed by atoms with van der Waals surface area (Å²) in [5.74, 6) is 0.163. The Morgan fingerprint density at radius 1 is 1.54 bits per heavy atom. The summed E-state index contributed by atoms with van der Waals surface area (Å²) in [6.45, 7) is 0. The molecule has 3 nitrogen and oxygen atoms in total. The zero-order valence-corrected chi connectivity index (χ0v) is 7.47. The third kappa shape index (κ3) is 1.41. The molecule has 0 spiro atoms. The molecule has 1 aliphatic heterocycles. The number of nitrogens with zero attached hydrogens (tertiary/aromatic N) is 2. The van der Waals surface area contributed by atoms with E-state index in [1.807, 2.05) is 31.7 Å². The van der Waals surface area contributed by atoms with E-state index in [1.165, 1.54) is 0 Å². The fraction of sp³-hybridized carbons (Fsp3) is 0.300. The van der Waals surface area contributed by atoms with Gasteiger partial charge in [-0.3, -0.25) is 9.78 Å². The van der Waals surface area contributed by atoms with Crippen LogP contribution in [0.3, 0.4) is 0 Å². The van der Waals surface area contributed by atoms with Gasteiger partial charge < -0.3 is 4.90 Å². The standard InChI is InChI=1S/C10H11N2O/c1-12-9(5-6-10(12)13)8-4-2-3-7-11-8/h2-5,7,9H,6H2,1H3. The number of hydrogen-bond donors (Lipinski definition) is 0. The summed E-state index contributed by atoms with van der Waals surface area (Å²) in [4.78, 5) is 17.2. The molecule has 1 aliphatic rings. The van der Waals surface area contributed by atoms with Crippen LogP contribution in [0, 0.1) is 6.42 Å². The molecule has 67 valence electrons. The predicted molar refractivity (Wildman–Crippen MR) is 48.7 cm³/mol. The average Bonchev–Trinajstić information content (AvgIpc) is 2.49. The van der Waals surface area contributed by atoms with Crippen LogP contribution in [0.2, 0.25) is 0 Å². The van der Waals surface area contributed by atoms with Crippen molar-refractivity contribution < 1.29 is 4.79 Å². The van der Waals surface area contributed by atoms with E-state index < -0.39 is 0 Å². The first-order valence-electron chi connectivity index (χ1n) is 4.29. The van der Waals surface area contributed by atoms with Gasteiger partial charge in [-0.15, -0.1) is 0 Å². The lowest BCUT2D eigenvalue weighted by molar-refractivity contribution is -0.127. The number of carbonyl (C=O) groups excluding carboxylic acids is 1. The van der Waals surface area contributed by atoms with Crippen LogP contribution in [0.25, 0.3) is 0 Å². The molecule has 3 heteroatoms. The maximum absolute atomic E-state index is 11.2. The third-order valence-corrected chi connectivity index (χ3v) is 2.32. The minimum absolute atomic E-state index is 0.0636. The monoisotopic (exact) mass is 175 g/mol. The number of carbonyl (C=O) groups is 1. The van der Waals surface area contributed by atoms with E-state index in [0.717, 1.165) is 5.69 Å². The number of rotatable bonds is 1. The summed E-state index contributed by atoms with van der Waals surface area (Å²) in [6, 6.07) is 5.82. The van der Waals surface area contributed by atoms with E-state index in [4.69, 9.17) is 0 Å². The molecule has 0 bridgehead atoms. The predicted octanol–water partition coefficient (Wildman–Crippen LogP) is 1.19. The van der Waals surface area contributed by atoms with E-state index in [2.05, 4.69) is 4.98 Å². The average molecular weight is 175 g/mol. The second-order valence-electron chi connectivity index (χ2n) is 3.14. The minimum Gasteiger partial charge on any atom is -0.337 e. The molecule has 0 aliphatic carbocycles. The maximum Gasteiger partial charge on any atom is 0.223 e. The summed E-state index contributed by atoms with van der Waals surface area (Å²) < 4.78 is 0. The van der Waals surface area contributed by atoms with Gasteiger partial charge in [-0.05, 0) is 18.6 Å². The van der Waals surface area contributed by atoms with Crippen LogP contribution in [0.1, 0.15) is 18.2 Å². The van der Waals surface area contributed by atoms with E-state index in [-0.39, 0.29) is 11.9 Å². The Labute approximate surface area is 77.4 Å². The Hall–Kier alpha value is -1.38. The van der Waals surface area contributed by atoms with Crippen LogP contribution < -0.4 is 0 Å². The van der Waals surface area contributed by atoms with Crippen LogP contribution in [0.4, 0.5) is 0 Å². The highest BCUT2D eigenvalue weighted by molar-refractivity contribution is 5.80. The zero-order chi connectivity index (χ0) is 9.26. The van der Waals surface area contributed by atoms with Crippen molar-refractivity contribution in [3.05, 3.63) is 36.5 Å². The molecule has 1 fully saturated rings. The van der Waals surface area contributed by atoms with Crippen LogP contribution in [-0.2, 0) is 4.79 Å². The Bertz CT molecular complexity index is 310. The maximum atomic E-state index is 11.2. The normalized spacial score (nSPS) is 22.4. The van der Waals surface area contributed by atoms with Crippen molar-refractivity contribution in [2.24, 2.45) is 0 Å². The van der Waals surface area contributed by atoms with Gasteiger partial charge in [0, 0.05) is 19.7 Å². The van der Waals surface area contributed by atoms with Gasteiger partial charge in [-0.1, -0.05) is 6.07 Å². The third-order valence-electron chi connectivity index (χ3n) is 2.32. The lowest BCUT2D eigenvalue weighted by Crippen LogP contribution is -2.23. The quantitative estimate of drug-likeness (QED) is 0.642. The summed E-state index contributed by atoms with van der Waals surface area (Å²) >= 11 is 0. The van der Waals surface area contributed by atoms with Crippen molar-refractivity contribution >= 4 is 5.91 Å². The molecule has 2 rings (SSSR count). The Morgan fingerprint density at radius 2 is 2.38 bits per heavy atom. The Kier molecular flexibility index (Phi) is 2.00. The van der Waals surface area contributed by atoms with Gasteiger partial charge in [0.05, 0.1) is 11.7 Å². The second-order valence-corrected chi connectivity index (χ2v) is 3.14. The topological polar surface area (TPSA) is 33.2 Å². The van der Waals surface area contributed by atoms with Crippen molar-refractivity contribution in [1.29, 1.82) is 0 Å². The lowest BCUT2D eigenvalue weighted by Gasteiger charge is -2.18. The minimum atomic E-state index is 0.0636. The SMILES string of the molecule is CN1C(=O)C[CH]C1c1ccccn1. The molecule has 1 aromatic heterocycles. The second kappa shape index (κ2) is 3.17. The summed E-state index contributed by atoms with van der Waals surface area (Å²) in [5.41, 5.74) is 0.941. The number of amides is 1. The van der Waals surface area contributed by atoms with Crippen molar-refractivity contribution in [3.8, 4) is 0 Å². The van der Waals surface area contributed by atoms with Crippen molar-refractivity contribution in [1.82, 2.24) is 9.88 Å². The van der Waals surface area contributed by atoms with Crippen molar-refractivity contribution in [2.45, 2.75) is 12.5 Å². The van der Waals surface area contributed by atoms with Crippen LogP contribution in [0.5, 0.6) is 0 Å². The van der Waals surface area contributed by atoms with E-state index in [0.29, 0.717) is 6.42 Å². The van der Waals surface area contributed by atoms with Gasteiger partial charge >= 0.3 is 0 Å². The molecule has 1 atom stereocenters. The molecule has 0 aromatic carbocycles. The van der Waals surface area contributed by atoms with E-state index >= 15 is 0 Å². The molecule has 1 unspecified atom stereocenters. The van der Waals surface area contributed by atoms with Gasteiger partial charge in [0.2, 0.25) is 5.91 Å². The highest BCUT2D eigenvalue weighted by Crippen LogP contribution is 2.28. The lowest BCUT2D eigenvalue weighted by atomic mass is 10.1. The highest BCUT2D eigenvalue weighted by atomic mass is 16.2. The molecule has 1 radical (unpaired) electrons. The number of likely N-dealkylation sites (tertiary alicyclic amines) is 1. The molecule has 13 heavy (non-hydrogen) atoms. The van der Waals surface area contributed by atoms with E-state index in [9.17, 15) is 4.79 Å². The van der Waals surface area contributed by atoms with Gasteiger partial charge in [-0.2, -0.15) is 0 Å². The summed E-state index contributed by atoms with van der Waals surface area (Å²) in [5, 5.41) is 0. The van der Waals surface area contributed by atoms with Gasteiger partial charge in [0.1, 0.15) is 0 Å². The van der Waals surface area contributed by atoms with Crippen molar-refractivity contribution in [3.63, 3.8) is 0 Å². The first-order valence-corrected chi connectivity index (χ1v) is 4.29. The molecule has 0 N–H and O–H groups in total. The van der Waals surface area contributed by atoms with Crippen LogP contribution in [-0.4, -0.2) is 22.8 Å². The number of aromatic nitrogens is 1. The molecule has 1 aromatic rings.